The van der Waals surface area contributed by atoms with Gasteiger partial charge in [-0.3, -0.25) is 4.79 Å². The zero-order valence-corrected chi connectivity index (χ0v) is 14.6. The predicted octanol–water partition coefficient (Wildman–Crippen LogP) is 3.09. The van der Waals surface area contributed by atoms with E-state index in [0.717, 1.165) is 8.04 Å². The molecule has 1 amide bonds. The Morgan fingerprint density at radius 3 is 2.61 bits per heavy atom. The molecule has 0 aliphatic heterocycles. The van der Waals surface area contributed by atoms with Gasteiger partial charge in [-0.05, 0) is 62.6 Å². The molecular formula is C12H14BrIN2OS. The minimum atomic E-state index is -0.294. The fraction of sp³-hybridized carbons (Fsp3) is 0.333. The molecule has 0 fully saturated rings. The third kappa shape index (κ3) is 4.17. The normalized spacial score (nSPS) is 12.3. The van der Waals surface area contributed by atoms with Gasteiger partial charge >= 0.3 is 0 Å². The van der Waals surface area contributed by atoms with Crippen molar-refractivity contribution in [2.75, 3.05) is 0 Å². The standard InChI is InChI=1S/C12H14BrIN2OS/c1-6(2)10(11(15)18)16-12(17)8-5-7(14)3-4-9(8)13/h3-6,10H,1-2H3,(H2,15,18)(H,16,17). The lowest BCUT2D eigenvalue weighted by atomic mass is 10.0. The van der Waals surface area contributed by atoms with E-state index in [4.69, 9.17) is 18.0 Å². The fourth-order valence-corrected chi connectivity index (χ4v) is 2.71. The summed E-state index contributed by atoms with van der Waals surface area (Å²) in [4.78, 5) is 12.5. The fourth-order valence-electron chi connectivity index (χ4n) is 1.46. The molecule has 1 rings (SSSR count). The van der Waals surface area contributed by atoms with Gasteiger partial charge in [0.1, 0.15) is 0 Å². The summed E-state index contributed by atoms with van der Waals surface area (Å²) in [6.07, 6.45) is 0. The Labute approximate surface area is 134 Å². The lowest BCUT2D eigenvalue weighted by molar-refractivity contribution is 0.0939. The molecule has 1 aromatic carbocycles. The minimum Gasteiger partial charge on any atom is -0.392 e. The smallest absolute Gasteiger partial charge is 0.253 e. The second-order valence-corrected chi connectivity index (χ2v) is 6.79. The van der Waals surface area contributed by atoms with Crippen LogP contribution in [0.5, 0.6) is 0 Å². The Kier molecular flexibility index (Phi) is 6.00. The molecule has 0 spiro atoms. The molecule has 0 heterocycles. The van der Waals surface area contributed by atoms with Gasteiger partial charge in [0, 0.05) is 8.04 Å². The first-order chi connectivity index (χ1) is 8.32. The highest BCUT2D eigenvalue weighted by Gasteiger charge is 2.20. The zero-order chi connectivity index (χ0) is 13.9. The monoisotopic (exact) mass is 440 g/mol. The van der Waals surface area contributed by atoms with Crippen molar-refractivity contribution in [2.45, 2.75) is 19.9 Å². The van der Waals surface area contributed by atoms with Crippen molar-refractivity contribution in [2.24, 2.45) is 11.7 Å². The van der Waals surface area contributed by atoms with Crippen molar-refractivity contribution < 1.29 is 4.79 Å². The molecule has 98 valence electrons. The molecule has 3 nitrogen and oxygen atoms in total. The Bertz CT molecular complexity index is 479. The number of hydrogen-bond acceptors (Lipinski definition) is 2. The van der Waals surface area contributed by atoms with Crippen LogP contribution < -0.4 is 11.1 Å². The van der Waals surface area contributed by atoms with E-state index in [-0.39, 0.29) is 17.9 Å². The van der Waals surface area contributed by atoms with Gasteiger partial charge in [0.15, 0.2) is 0 Å². The summed E-state index contributed by atoms with van der Waals surface area (Å²) in [7, 11) is 0. The number of nitrogens with one attached hydrogen (secondary N) is 1. The molecule has 3 N–H and O–H groups in total. The average Bonchev–Trinajstić information content (AvgIpc) is 2.28. The van der Waals surface area contributed by atoms with Gasteiger partial charge in [-0.2, -0.15) is 0 Å². The van der Waals surface area contributed by atoms with Crippen LogP contribution in [0.4, 0.5) is 0 Å². The van der Waals surface area contributed by atoms with E-state index < -0.39 is 0 Å². The highest BCUT2D eigenvalue weighted by Crippen LogP contribution is 2.19. The van der Waals surface area contributed by atoms with Gasteiger partial charge in [-0.25, -0.2) is 0 Å². The molecule has 0 saturated carbocycles. The first kappa shape index (κ1) is 15.8. The van der Waals surface area contributed by atoms with Crippen molar-refractivity contribution in [3.05, 3.63) is 31.8 Å². The highest BCUT2D eigenvalue weighted by atomic mass is 127. The minimum absolute atomic E-state index is 0.160. The van der Waals surface area contributed by atoms with E-state index in [1.54, 1.807) is 0 Å². The maximum Gasteiger partial charge on any atom is 0.253 e. The molecule has 0 aromatic heterocycles. The molecule has 6 heteroatoms. The molecule has 0 bridgehead atoms. The summed E-state index contributed by atoms with van der Waals surface area (Å²) in [5.41, 5.74) is 6.22. The number of carbonyl (C=O) groups is 1. The number of hydrogen-bond donors (Lipinski definition) is 2. The van der Waals surface area contributed by atoms with Crippen molar-refractivity contribution in [1.29, 1.82) is 0 Å². The summed E-state index contributed by atoms with van der Waals surface area (Å²) in [6, 6.07) is 5.30. The van der Waals surface area contributed by atoms with Crippen LogP contribution in [0.15, 0.2) is 22.7 Å². The molecule has 0 aliphatic carbocycles. The molecule has 1 unspecified atom stereocenters. The van der Waals surface area contributed by atoms with Crippen LogP contribution in [0.3, 0.4) is 0 Å². The number of benzene rings is 1. The van der Waals surface area contributed by atoms with Crippen molar-refractivity contribution in [1.82, 2.24) is 5.32 Å². The number of rotatable bonds is 4. The van der Waals surface area contributed by atoms with Crippen LogP contribution in [0.1, 0.15) is 24.2 Å². The van der Waals surface area contributed by atoms with E-state index in [1.165, 1.54) is 0 Å². The highest BCUT2D eigenvalue weighted by molar-refractivity contribution is 14.1. The average molecular weight is 441 g/mol. The van der Waals surface area contributed by atoms with Crippen LogP contribution in [-0.4, -0.2) is 16.9 Å². The Balaban J connectivity index is 2.94. The third-order valence-electron chi connectivity index (χ3n) is 2.43. The van der Waals surface area contributed by atoms with Gasteiger partial charge < -0.3 is 11.1 Å². The summed E-state index contributed by atoms with van der Waals surface area (Å²) in [6.45, 7) is 3.93. The maximum atomic E-state index is 12.2. The van der Waals surface area contributed by atoms with Crippen LogP contribution in [0.2, 0.25) is 0 Å². The van der Waals surface area contributed by atoms with Crippen molar-refractivity contribution in [3.8, 4) is 0 Å². The van der Waals surface area contributed by atoms with Crippen LogP contribution in [0.25, 0.3) is 0 Å². The number of carbonyl (C=O) groups excluding carboxylic acids is 1. The number of nitrogens with two attached hydrogens (primary N) is 1. The SMILES string of the molecule is CC(C)C(NC(=O)c1cc(I)ccc1Br)C(N)=S. The van der Waals surface area contributed by atoms with Crippen molar-refractivity contribution in [3.63, 3.8) is 0 Å². The molecule has 0 saturated heterocycles. The van der Waals surface area contributed by atoms with Crippen LogP contribution in [0, 0.1) is 9.49 Å². The topological polar surface area (TPSA) is 55.1 Å². The molecule has 1 atom stereocenters. The predicted molar refractivity (Wildman–Crippen MR) is 89.7 cm³/mol. The molecule has 0 radical (unpaired) electrons. The van der Waals surface area contributed by atoms with Gasteiger partial charge in [-0.15, -0.1) is 0 Å². The third-order valence-corrected chi connectivity index (χ3v) is 4.05. The van der Waals surface area contributed by atoms with E-state index in [0.29, 0.717) is 10.6 Å². The molecule has 1 aromatic rings. The number of halogens is 2. The molecular weight excluding hydrogens is 427 g/mol. The van der Waals surface area contributed by atoms with E-state index >= 15 is 0 Å². The van der Waals surface area contributed by atoms with E-state index in [2.05, 4.69) is 43.8 Å². The van der Waals surface area contributed by atoms with Gasteiger partial charge in [-0.1, -0.05) is 26.1 Å². The second-order valence-electron chi connectivity index (χ2n) is 4.22. The quantitative estimate of drug-likeness (QED) is 0.558. The van der Waals surface area contributed by atoms with E-state index in [1.807, 2.05) is 32.0 Å². The largest absolute Gasteiger partial charge is 0.392 e. The van der Waals surface area contributed by atoms with E-state index in [9.17, 15) is 4.79 Å². The first-order valence-corrected chi connectivity index (χ1v) is 7.66. The molecule has 18 heavy (non-hydrogen) atoms. The second kappa shape index (κ2) is 6.81. The summed E-state index contributed by atoms with van der Waals surface area (Å²) in [5.74, 6) is -0.0140. The maximum absolute atomic E-state index is 12.2. The summed E-state index contributed by atoms with van der Waals surface area (Å²) >= 11 is 10.5. The Morgan fingerprint density at radius 2 is 2.11 bits per heavy atom. The number of amides is 1. The lowest BCUT2D eigenvalue weighted by Crippen LogP contribution is -2.46. The molecule has 0 aliphatic rings. The van der Waals surface area contributed by atoms with Crippen LogP contribution >= 0.6 is 50.7 Å². The van der Waals surface area contributed by atoms with Gasteiger partial charge in [0.05, 0.1) is 16.6 Å². The summed E-state index contributed by atoms with van der Waals surface area (Å²) in [5, 5.41) is 2.86. The van der Waals surface area contributed by atoms with Crippen LogP contribution in [-0.2, 0) is 0 Å². The van der Waals surface area contributed by atoms with Crippen molar-refractivity contribution >= 4 is 61.6 Å². The first-order valence-electron chi connectivity index (χ1n) is 5.38. The lowest BCUT2D eigenvalue weighted by Gasteiger charge is -2.21. The zero-order valence-electron chi connectivity index (χ0n) is 10.0. The Hall–Kier alpha value is -0.210. The Morgan fingerprint density at radius 1 is 1.50 bits per heavy atom. The summed E-state index contributed by atoms with van der Waals surface area (Å²) < 4.78 is 1.75. The van der Waals surface area contributed by atoms with Gasteiger partial charge in [0.2, 0.25) is 0 Å². The van der Waals surface area contributed by atoms with Gasteiger partial charge in [0.25, 0.3) is 5.91 Å². The number of thiocarbonyl (C=S) groups is 1.